The molecule has 2 heterocycles. The first-order valence-corrected chi connectivity index (χ1v) is 6.30. The summed E-state index contributed by atoms with van der Waals surface area (Å²) in [5, 5.41) is 8.99. The van der Waals surface area contributed by atoms with Gasteiger partial charge < -0.3 is 19.1 Å². The van der Waals surface area contributed by atoms with Crippen LogP contribution >= 0.6 is 0 Å². The molecule has 0 fully saturated rings. The Balaban J connectivity index is 2.03. The number of rotatable bonds is 3. The zero-order valence-corrected chi connectivity index (χ0v) is 11.0. The average Bonchev–Trinajstić information content (AvgIpc) is 2.79. The van der Waals surface area contributed by atoms with Crippen molar-refractivity contribution in [2.75, 3.05) is 13.2 Å². The van der Waals surface area contributed by atoms with Gasteiger partial charge >= 0.3 is 5.97 Å². The van der Waals surface area contributed by atoms with Crippen LogP contribution in [0.1, 0.15) is 11.4 Å². The van der Waals surface area contributed by atoms with Gasteiger partial charge in [-0.25, -0.2) is 4.98 Å². The lowest BCUT2D eigenvalue weighted by molar-refractivity contribution is -0.136. The van der Waals surface area contributed by atoms with E-state index in [4.69, 9.17) is 14.6 Å². The summed E-state index contributed by atoms with van der Waals surface area (Å²) < 4.78 is 12.8. The second-order valence-electron chi connectivity index (χ2n) is 4.55. The predicted octanol–water partition coefficient (Wildman–Crippen LogP) is 1.58. The summed E-state index contributed by atoms with van der Waals surface area (Å²) in [6.07, 6.45) is 1.55. The van der Waals surface area contributed by atoms with Gasteiger partial charge in [-0.1, -0.05) is 0 Å². The van der Waals surface area contributed by atoms with Crippen molar-refractivity contribution < 1.29 is 19.4 Å². The minimum absolute atomic E-state index is 0.0692. The van der Waals surface area contributed by atoms with Crippen LogP contribution in [-0.4, -0.2) is 33.8 Å². The van der Waals surface area contributed by atoms with Crippen molar-refractivity contribution in [3.05, 3.63) is 35.9 Å². The number of aromatic nitrogens is 2. The third-order valence-corrected chi connectivity index (χ3v) is 3.20. The molecule has 0 amide bonds. The number of carbonyl (C=O) groups is 1. The Kier molecular flexibility index (Phi) is 3.06. The van der Waals surface area contributed by atoms with Crippen molar-refractivity contribution in [1.82, 2.24) is 9.55 Å². The molecule has 6 heteroatoms. The van der Waals surface area contributed by atoms with Gasteiger partial charge in [-0.2, -0.15) is 0 Å². The molecule has 0 radical (unpaired) electrons. The van der Waals surface area contributed by atoms with Crippen molar-refractivity contribution in [1.29, 1.82) is 0 Å². The van der Waals surface area contributed by atoms with Crippen LogP contribution in [0.3, 0.4) is 0 Å². The number of carboxylic acid groups (broad SMARTS) is 1. The fourth-order valence-electron chi connectivity index (χ4n) is 2.22. The quantitative estimate of drug-likeness (QED) is 0.919. The number of hydrogen-bond acceptors (Lipinski definition) is 4. The van der Waals surface area contributed by atoms with Crippen LogP contribution in [0.4, 0.5) is 0 Å². The average molecular weight is 274 g/mol. The van der Waals surface area contributed by atoms with Gasteiger partial charge in [0.2, 0.25) is 0 Å². The maximum Gasteiger partial charge on any atom is 0.309 e. The van der Waals surface area contributed by atoms with E-state index >= 15 is 0 Å². The second-order valence-corrected chi connectivity index (χ2v) is 4.55. The maximum atomic E-state index is 10.9. The lowest BCUT2D eigenvalue weighted by atomic mass is 10.2. The van der Waals surface area contributed by atoms with Gasteiger partial charge in [-0.05, 0) is 19.1 Å². The number of hydrogen-bond donors (Lipinski definition) is 1. The van der Waals surface area contributed by atoms with Gasteiger partial charge in [0.1, 0.15) is 13.2 Å². The van der Waals surface area contributed by atoms with Crippen LogP contribution in [0.25, 0.3) is 5.69 Å². The molecule has 1 aliphatic heterocycles. The zero-order chi connectivity index (χ0) is 14.1. The van der Waals surface area contributed by atoms with E-state index in [0.29, 0.717) is 36.1 Å². The molecule has 6 nitrogen and oxygen atoms in total. The highest BCUT2D eigenvalue weighted by atomic mass is 16.6. The lowest BCUT2D eigenvalue weighted by Gasteiger charge is -2.19. The molecular weight excluding hydrogens is 260 g/mol. The Morgan fingerprint density at radius 3 is 2.85 bits per heavy atom. The molecule has 0 bridgehead atoms. The fourth-order valence-corrected chi connectivity index (χ4v) is 2.22. The summed E-state index contributed by atoms with van der Waals surface area (Å²) in [5.41, 5.74) is 2.18. The minimum Gasteiger partial charge on any atom is -0.486 e. The molecule has 1 N–H and O–H groups in total. The van der Waals surface area contributed by atoms with Gasteiger partial charge in [0, 0.05) is 6.07 Å². The Morgan fingerprint density at radius 1 is 1.35 bits per heavy atom. The first-order chi connectivity index (χ1) is 9.65. The van der Waals surface area contributed by atoms with Crippen LogP contribution < -0.4 is 9.47 Å². The monoisotopic (exact) mass is 274 g/mol. The van der Waals surface area contributed by atoms with E-state index in [1.54, 1.807) is 17.8 Å². The van der Waals surface area contributed by atoms with Crippen molar-refractivity contribution in [3.63, 3.8) is 0 Å². The smallest absolute Gasteiger partial charge is 0.309 e. The van der Waals surface area contributed by atoms with E-state index in [1.807, 2.05) is 18.2 Å². The van der Waals surface area contributed by atoms with Gasteiger partial charge in [-0.15, -0.1) is 0 Å². The molecule has 0 unspecified atom stereocenters. The van der Waals surface area contributed by atoms with Crippen LogP contribution in [0.15, 0.2) is 24.5 Å². The summed E-state index contributed by atoms with van der Waals surface area (Å²) in [4.78, 5) is 15.1. The van der Waals surface area contributed by atoms with Crippen LogP contribution in [0.5, 0.6) is 11.5 Å². The van der Waals surface area contributed by atoms with Crippen molar-refractivity contribution in [3.8, 4) is 17.2 Å². The van der Waals surface area contributed by atoms with Gasteiger partial charge in [-0.3, -0.25) is 4.79 Å². The van der Waals surface area contributed by atoms with Crippen LogP contribution in [0.2, 0.25) is 0 Å². The molecule has 2 aromatic rings. The third-order valence-electron chi connectivity index (χ3n) is 3.20. The van der Waals surface area contributed by atoms with Gasteiger partial charge in [0.15, 0.2) is 11.5 Å². The van der Waals surface area contributed by atoms with E-state index in [9.17, 15) is 4.79 Å². The molecule has 1 aromatic carbocycles. The topological polar surface area (TPSA) is 73.6 Å². The Hall–Kier alpha value is -2.50. The van der Waals surface area contributed by atoms with E-state index in [1.165, 1.54) is 0 Å². The summed E-state index contributed by atoms with van der Waals surface area (Å²) in [7, 11) is 0. The highest BCUT2D eigenvalue weighted by Crippen LogP contribution is 2.32. The Labute approximate surface area is 115 Å². The Morgan fingerprint density at radius 2 is 2.10 bits per heavy atom. The van der Waals surface area contributed by atoms with Crippen LogP contribution in [-0.2, 0) is 11.2 Å². The van der Waals surface area contributed by atoms with Gasteiger partial charge in [0.25, 0.3) is 0 Å². The molecule has 104 valence electrons. The summed E-state index contributed by atoms with van der Waals surface area (Å²) in [6, 6.07) is 5.52. The normalized spacial score (nSPS) is 13.2. The molecule has 0 aliphatic carbocycles. The maximum absolute atomic E-state index is 10.9. The molecule has 0 spiro atoms. The molecule has 0 atom stereocenters. The molecule has 3 rings (SSSR count). The highest BCUT2D eigenvalue weighted by molar-refractivity contribution is 5.70. The first kappa shape index (κ1) is 12.5. The van der Waals surface area contributed by atoms with E-state index in [-0.39, 0.29) is 6.42 Å². The van der Waals surface area contributed by atoms with E-state index in [0.717, 1.165) is 5.69 Å². The summed E-state index contributed by atoms with van der Waals surface area (Å²) >= 11 is 0. The minimum atomic E-state index is -0.882. The summed E-state index contributed by atoms with van der Waals surface area (Å²) in [5.74, 6) is 0.491. The number of ether oxygens (including phenoxy) is 2. The van der Waals surface area contributed by atoms with Crippen molar-refractivity contribution in [2.45, 2.75) is 13.3 Å². The standard InChI is InChI=1S/C14H14N2O4/c1-9-11(7-14(17)18)16(8-15-9)10-2-3-12-13(6-10)20-5-4-19-12/h2-3,6,8H,4-5,7H2,1H3,(H,17,18). The molecular formula is C14H14N2O4. The third kappa shape index (κ3) is 2.20. The number of imidazole rings is 1. The number of benzene rings is 1. The van der Waals surface area contributed by atoms with Crippen molar-refractivity contribution in [2.24, 2.45) is 0 Å². The van der Waals surface area contributed by atoms with E-state index < -0.39 is 5.97 Å². The lowest BCUT2D eigenvalue weighted by Crippen LogP contribution is -2.15. The van der Waals surface area contributed by atoms with Gasteiger partial charge in [0.05, 0.1) is 29.8 Å². The highest BCUT2D eigenvalue weighted by Gasteiger charge is 2.16. The van der Waals surface area contributed by atoms with E-state index in [2.05, 4.69) is 4.98 Å². The number of nitrogens with zero attached hydrogens (tertiary/aromatic N) is 2. The molecule has 1 aliphatic rings. The molecule has 0 saturated carbocycles. The largest absolute Gasteiger partial charge is 0.486 e. The Bertz CT molecular complexity index is 663. The molecule has 0 saturated heterocycles. The van der Waals surface area contributed by atoms with Crippen molar-refractivity contribution >= 4 is 5.97 Å². The first-order valence-electron chi connectivity index (χ1n) is 6.30. The number of carboxylic acids is 1. The SMILES string of the molecule is Cc1ncn(-c2ccc3c(c2)OCCO3)c1CC(=O)O. The predicted molar refractivity (Wildman–Crippen MR) is 70.6 cm³/mol. The second kappa shape index (κ2) is 4.88. The molecule has 20 heavy (non-hydrogen) atoms. The number of aryl methyl sites for hydroxylation is 1. The fraction of sp³-hybridized carbons (Fsp3) is 0.286. The van der Waals surface area contributed by atoms with Crippen LogP contribution in [0, 0.1) is 6.92 Å². The number of aliphatic carboxylic acids is 1. The number of fused-ring (bicyclic) bond motifs is 1. The zero-order valence-electron chi connectivity index (χ0n) is 11.0. The summed E-state index contributed by atoms with van der Waals surface area (Å²) in [6.45, 7) is 2.86. The molecule has 1 aromatic heterocycles.